The third-order valence-corrected chi connectivity index (χ3v) is 3.02. The van der Waals surface area contributed by atoms with Crippen molar-refractivity contribution in [2.75, 3.05) is 5.32 Å². The Balaban J connectivity index is 2.35. The van der Waals surface area contributed by atoms with E-state index in [9.17, 15) is 4.79 Å². The fourth-order valence-electron chi connectivity index (χ4n) is 1.86. The molecule has 0 radical (unpaired) electrons. The van der Waals surface area contributed by atoms with Gasteiger partial charge >= 0.3 is 0 Å². The first-order valence-corrected chi connectivity index (χ1v) is 6.08. The topological polar surface area (TPSA) is 72.9 Å². The lowest BCUT2D eigenvalue weighted by molar-refractivity contribution is 0.101. The van der Waals surface area contributed by atoms with Crippen molar-refractivity contribution in [2.24, 2.45) is 12.8 Å². The minimum absolute atomic E-state index is 0.247. The van der Waals surface area contributed by atoms with Gasteiger partial charge in [-0.3, -0.25) is 4.79 Å². The lowest BCUT2D eigenvalue weighted by Crippen LogP contribution is -2.20. The van der Waals surface area contributed by atoms with Crippen molar-refractivity contribution in [2.45, 2.75) is 6.92 Å². The van der Waals surface area contributed by atoms with Crippen molar-refractivity contribution in [3.63, 3.8) is 0 Å². The summed E-state index contributed by atoms with van der Waals surface area (Å²) >= 11 is 5.02. The second kappa shape index (κ2) is 5.19. The minimum Gasteiger partial charge on any atom is -0.389 e. The molecule has 0 aliphatic rings. The van der Waals surface area contributed by atoms with E-state index in [2.05, 4.69) is 10.3 Å². The van der Waals surface area contributed by atoms with Gasteiger partial charge in [-0.1, -0.05) is 24.4 Å². The zero-order chi connectivity index (χ0) is 14.0. The van der Waals surface area contributed by atoms with Gasteiger partial charge in [0.2, 0.25) is 0 Å². The lowest BCUT2D eigenvalue weighted by atomic mass is 10.1. The van der Waals surface area contributed by atoms with Gasteiger partial charge in [-0.15, -0.1) is 0 Å². The summed E-state index contributed by atoms with van der Waals surface area (Å²) in [6.07, 6.45) is 3.07. The van der Waals surface area contributed by atoms with Crippen LogP contribution in [-0.2, 0) is 7.05 Å². The van der Waals surface area contributed by atoms with Gasteiger partial charge in [-0.05, 0) is 18.6 Å². The molecule has 0 atom stereocenters. The predicted molar refractivity (Wildman–Crippen MR) is 78.2 cm³/mol. The number of carbonyl (C=O) groups excluding carboxylic acids is 1. The van der Waals surface area contributed by atoms with E-state index >= 15 is 0 Å². The van der Waals surface area contributed by atoms with E-state index in [0.29, 0.717) is 16.9 Å². The maximum atomic E-state index is 12.1. The lowest BCUT2D eigenvalue weighted by Gasteiger charge is -2.12. The monoisotopic (exact) mass is 274 g/mol. The fraction of sp³-hybridized carbons (Fsp3) is 0.154. The van der Waals surface area contributed by atoms with Gasteiger partial charge in [0.15, 0.2) is 0 Å². The van der Waals surface area contributed by atoms with Crippen LogP contribution in [0.4, 0.5) is 5.69 Å². The number of aryl methyl sites for hydroxylation is 2. The molecule has 0 bridgehead atoms. The molecule has 1 aromatic heterocycles. The standard InChI is InChI=1S/C13H14N4OS/c1-8-4-3-5-9(11(8)12(14)19)16-13(18)10-6-15-7-17(10)2/h3-7H,1-2H3,(H2,14,19)(H,16,18). The Morgan fingerprint density at radius 3 is 2.79 bits per heavy atom. The Labute approximate surface area is 116 Å². The number of nitrogens with one attached hydrogen (secondary N) is 1. The molecule has 0 spiro atoms. The van der Waals surface area contributed by atoms with Crippen LogP contribution in [0.2, 0.25) is 0 Å². The van der Waals surface area contributed by atoms with Gasteiger partial charge in [0, 0.05) is 12.6 Å². The summed E-state index contributed by atoms with van der Waals surface area (Å²) in [6, 6.07) is 5.51. The first kappa shape index (κ1) is 13.2. The van der Waals surface area contributed by atoms with Gasteiger partial charge in [0.1, 0.15) is 10.7 Å². The summed E-state index contributed by atoms with van der Waals surface area (Å²) in [6.45, 7) is 1.90. The number of carbonyl (C=O) groups is 1. The van der Waals surface area contributed by atoms with Crippen LogP contribution in [0.5, 0.6) is 0 Å². The molecule has 1 amide bonds. The molecule has 0 saturated heterocycles. The SMILES string of the molecule is Cc1cccc(NC(=O)c2cncn2C)c1C(N)=S. The number of anilines is 1. The molecule has 1 aromatic carbocycles. The van der Waals surface area contributed by atoms with Crippen LogP contribution in [0.15, 0.2) is 30.7 Å². The van der Waals surface area contributed by atoms with E-state index in [1.165, 1.54) is 6.20 Å². The molecule has 6 heteroatoms. The van der Waals surface area contributed by atoms with E-state index in [0.717, 1.165) is 5.56 Å². The second-order valence-corrected chi connectivity index (χ2v) is 4.65. The van der Waals surface area contributed by atoms with Gasteiger partial charge in [0.25, 0.3) is 5.91 Å². The molecule has 0 aliphatic carbocycles. The van der Waals surface area contributed by atoms with Crippen molar-refractivity contribution >= 4 is 28.8 Å². The van der Waals surface area contributed by atoms with Gasteiger partial charge in [-0.2, -0.15) is 0 Å². The second-order valence-electron chi connectivity index (χ2n) is 4.21. The smallest absolute Gasteiger partial charge is 0.273 e. The van der Waals surface area contributed by atoms with Crippen LogP contribution in [0.1, 0.15) is 21.6 Å². The maximum absolute atomic E-state index is 12.1. The summed E-state index contributed by atoms with van der Waals surface area (Å²) in [5.41, 5.74) is 8.39. The van der Waals surface area contributed by atoms with E-state index in [1.807, 2.05) is 19.1 Å². The van der Waals surface area contributed by atoms with Crippen molar-refractivity contribution < 1.29 is 4.79 Å². The van der Waals surface area contributed by atoms with Crippen LogP contribution < -0.4 is 11.1 Å². The molecule has 2 aromatic rings. The van der Waals surface area contributed by atoms with Crippen LogP contribution in [-0.4, -0.2) is 20.4 Å². The molecule has 5 nitrogen and oxygen atoms in total. The molecular formula is C13H14N4OS. The fourth-order valence-corrected chi connectivity index (χ4v) is 2.13. The van der Waals surface area contributed by atoms with Crippen molar-refractivity contribution in [1.82, 2.24) is 9.55 Å². The molecule has 3 N–H and O–H groups in total. The van der Waals surface area contributed by atoms with Crippen LogP contribution in [0.3, 0.4) is 0 Å². The highest BCUT2D eigenvalue weighted by Gasteiger charge is 2.14. The number of hydrogen-bond donors (Lipinski definition) is 2. The quantitative estimate of drug-likeness (QED) is 0.834. The number of hydrogen-bond acceptors (Lipinski definition) is 3. The Morgan fingerprint density at radius 1 is 1.47 bits per heavy atom. The van der Waals surface area contributed by atoms with E-state index < -0.39 is 0 Å². The normalized spacial score (nSPS) is 10.2. The number of nitrogens with two attached hydrogens (primary N) is 1. The first-order valence-electron chi connectivity index (χ1n) is 5.68. The van der Waals surface area contributed by atoms with Crippen LogP contribution >= 0.6 is 12.2 Å². The Hall–Kier alpha value is -2.21. The maximum Gasteiger partial charge on any atom is 0.273 e. The largest absolute Gasteiger partial charge is 0.389 e. The summed E-state index contributed by atoms with van der Waals surface area (Å²) < 4.78 is 1.64. The third kappa shape index (κ3) is 2.63. The molecule has 1 heterocycles. The molecular weight excluding hydrogens is 260 g/mol. The summed E-state index contributed by atoms with van der Waals surface area (Å²) in [4.78, 5) is 16.3. The Bertz CT molecular complexity index is 648. The van der Waals surface area contributed by atoms with E-state index in [4.69, 9.17) is 18.0 Å². The van der Waals surface area contributed by atoms with Crippen LogP contribution in [0, 0.1) is 6.92 Å². The van der Waals surface area contributed by atoms with Gasteiger partial charge in [-0.25, -0.2) is 4.98 Å². The first-order chi connectivity index (χ1) is 9.00. The number of amides is 1. The van der Waals surface area contributed by atoms with Crippen molar-refractivity contribution in [3.8, 4) is 0 Å². The molecule has 19 heavy (non-hydrogen) atoms. The molecule has 98 valence electrons. The van der Waals surface area contributed by atoms with E-state index in [-0.39, 0.29) is 10.9 Å². The average molecular weight is 274 g/mol. The molecule has 0 aliphatic heterocycles. The Kier molecular flexibility index (Phi) is 3.62. The minimum atomic E-state index is -0.247. The molecule has 0 fully saturated rings. The summed E-state index contributed by atoms with van der Waals surface area (Å²) in [5.74, 6) is -0.247. The zero-order valence-corrected chi connectivity index (χ0v) is 11.5. The number of aromatic nitrogens is 2. The number of nitrogens with zero attached hydrogens (tertiary/aromatic N) is 2. The zero-order valence-electron chi connectivity index (χ0n) is 10.7. The van der Waals surface area contributed by atoms with Crippen molar-refractivity contribution in [1.29, 1.82) is 0 Å². The number of thiocarbonyl (C=S) groups is 1. The molecule has 2 rings (SSSR count). The number of benzene rings is 1. The summed E-state index contributed by atoms with van der Waals surface area (Å²) in [7, 11) is 1.76. The van der Waals surface area contributed by atoms with Gasteiger partial charge in [0.05, 0.1) is 18.2 Å². The molecule has 0 unspecified atom stereocenters. The number of rotatable bonds is 3. The predicted octanol–water partition coefficient (Wildman–Crippen LogP) is 1.62. The van der Waals surface area contributed by atoms with Crippen LogP contribution in [0.25, 0.3) is 0 Å². The Morgan fingerprint density at radius 2 is 2.21 bits per heavy atom. The third-order valence-electron chi connectivity index (χ3n) is 2.82. The average Bonchev–Trinajstić information content (AvgIpc) is 2.75. The summed E-state index contributed by atoms with van der Waals surface area (Å²) in [5, 5.41) is 2.81. The highest BCUT2D eigenvalue weighted by Crippen LogP contribution is 2.20. The highest BCUT2D eigenvalue weighted by atomic mass is 32.1. The number of imidazole rings is 1. The van der Waals surface area contributed by atoms with Crippen molar-refractivity contribution in [3.05, 3.63) is 47.5 Å². The van der Waals surface area contributed by atoms with E-state index in [1.54, 1.807) is 24.0 Å². The molecule has 0 saturated carbocycles. The van der Waals surface area contributed by atoms with Gasteiger partial charge < -0.3 is 15.6 Å². The highest BCUT2D eigenvalue weighted by molar-refractivity contribution is 7.80.